The third-order valence-electron chi connectivity index (χ3n) is 2.97. The lowest BCUT2D eigenvalue weighted by molar-refractivity contribution is -0.390. The van der Waals surface area contributed by atoms with Crippen LogP contribution in [-0.4, -0.2) is 17.0 Å². The summed E-state index contributed by atoms with van der Waals surface area (Å²) in [6.07, 6.45) is 0. The number of ether oxygens (including phenoxy) is 2. The maximum atomic E-state index is 11.0. The van der Waals surface area contributed by atoms with Gasteiger partial charge in [0.2, 0.25) is 5.75 Å². The third-order valence-corrected chi connectivity index (χ3v) is 2.97. The number of aromatic nitrogens is 1. The third kappa shape index (κ3) is 3.47. The Morgan fingerprint density at radius 2 is 1.90 bits per heavy atom. The van der Waals surface area contributed by atoms with Crippen LogP contribution < -0.4 is 9.47 Å². The smallest absolute Gasteiger partial charge is 0.406 e. The first-order valence-corrected chi connectivity index (χ1v) is 6.39. The van der Waals surface area contributed by atoms with E-state index in [1.54, 1.807) is 26.2 Å². The number of aryl methyl sites for hydroxylation is 2. The van der Waals surface area contributed by atoms with Crippen LogP contribution in [0.2, 0.25) is 0 Å². The molecule has 0 saturated carbocycles. The average molecular weight is 288 g/mol. The van der Waals surface area contributed by atoms with E-state index in [1.165, 1.54) is 0 Å². The molecule has 0 N–H and O–H groups in total. The summed E-state index contributed by atoms with van der Waals surface area (Å²) in [5.74, 6) is 0.555. The number of nitrogens with zero attached hydrogens (tertiary/aromatic N) is 2. The lowest BCUT2D eigenvalue weighted by atomic mass is 10.1. The Labute approximate surface area is 122 Å². The van der Waals surface area contributed by atoms with Crippen LogP contribution in [0.5, 0.6) is 11.5 Å². The van der Waals surface area contributed by atoms with Gasteiger partial charge in [0.15, 0.2) is 0 Å². The van der Waals surface area contributed by atoms with Crippen molar-refractivity contribution < 1.29 is 14.4 Å². The van der Waals surface area contributed by atoms with E-state index in [0.29, 0.717) is 11.4 Å². The molecule has 1 aromatic heterocycles. The maximum absolute atomic E-state index is 11.0. The fourth-order valence-corrected chi connectivity index (χ4v) is 1.95. The molecule has 0 bridgehead atoms. The quantitative estimate of drug-likeness (QED) is 0.624. The predicted molar refractivity (Wildman–Crippen MR) is 77.7 cm³/mol. The molecule has 0 aliphatic carbocycles. The molecule has 1 heterocycles. The van der Waals surface area contributed by atoms with Gasteiger partial charge < -0.3 is 19.6 Å². The highest BCUT2D eigenvalue weighted by Gasteiger charge is 2.18. The molecule has 0 fully saturated rings. The highest BCUT2D eigenvalue weighted by Crippen LogP contribution is 2.27. The zero-order valence-corrected chi connectivity index (χ0v) is 12.1. The number of hydrogen-bond donors (Lipinski definition) is 0. The minimum atomic E-state index is -0.546. The second kappa shape index (κ2) is 6.21. The van der Waals surface area contributed by atoms with Gasteiger partial charge in [-0.2, -0.15) is 0 Å². The van der Waals surface area contributed by atoms with Gasteiger partial charge >= 0.3 is 5.82 Å². The van der Waals surface area contributed by atoms with Gasteiger partial charge in [0, 0.05) is 12.5 Å². The molecule has 2 rings (SSSR count). The number of benzene rings is 1. The molecular weight excluding hydrogens is 272 g/mol. The summed E-state index contributed by atoms with van der Waals surface area (Å²) in [4.78, 5) is 14.3. The van der Waals surface area contributed by atoms with Gasteiger partial charge in [-0.05, 0) is 41.1 Å². The van der Waals surface area contributed by atoms with E-state index in [-0.39, 0.29) is 18.2 Å². The number of methoxy groups -OCH3 is 1. The van der Waals surface area contributed by atoms with Crippen LogP contribution in [0.3, 0.4) is 0 Å². The van der Waals surface area contributed by atoms with E-state index in [9.17, 15) is 10.1 Å². The van der Waals surface area contributed by atoms with Gasteiger partial charge in [-0.3, -0.25) is 0 Å². The van der Waals surface area contributed by atoms with Gasteiger partial charge in [0.1, 0.15) is 18.1 Å². The number of nitro groups is 1. The standard InChI is InChI=1S/C15H16N2O4/c1-10-4-6-13(20-3)12(8-10)9-21-14-7-5-11(2)16-15(14)17(18)19/h4-8H,9H2,1-3H3. The molecule has 0 spiro atoms. The molecule has 2 aromatic rings. The first-order chi connectivity index (χ1) is 10.0. The summed E-state index contributed by atoms with van der Waals surface area (Å²) < 4.78 is 10.8. The second-order valence-electron chi connectivity index (χ2n) is 4.64. The maximum Gasteiger partial charge on any atom is 0.406 e. The first kappa shape index (κ1) is 14.8. The van der Waals surface area contributed by atoms with Gasteiger partial charge in [-0.1, -0.05) is 11.6 Å². The van der Waals surface area contributed by atoms with E-state index in [1.807, 2.05) is 25.1 Å². The minimum absolute atomic E-state index is 0.147. The van der Waals surface area contributed by atoms with Crippen molar-refractivity contribution in [3.63, 3.8) is 0 Å². The first-order valence-electron chi connectivity index (χ1n) is 6.39. The van der Waals surface area contributed by atoms with Crippen LogP contribution >= 0.6 is 0 Å². The molecule has 0 saturated heterocycles. The Morgan fingerprint density at radius 3 is 2.57 bits per heavy atom. The summed E-state index contributed by atoms with van der Waals surface area (Å²) in [7, 11) is 1.57. The van der Waals surface area contributed by atoms with Crippen molar-refractivity contribution in [3.05, 3.63) is 57.3 Å². The molecule has 0 radical (unpaired) electrons. The lowest BCUT2D eigenvalue weighted by Crippen LogP contribution is -2.03. The summed E-state index contributed by atoms with van der Waals surface area (Å²) in [5.41, 5.74) is 2.46. The topological polar surface area (TPSA) is 74.5 Å². The van der Waals surface area contributed by atoms with Gasteiger partial charge in [-0.25, -0.2) is 0 Å². The molecule has 6 heteroatoms. The molecule has 0 unspecified atom stereocenters. The highest BCUT2D eigenvalue weighted by molar-refractivity contribution is 5.41. The van der Waals surface area contributed by atoms with E-state index in [4.69, 9.17) is 9.47 Å². The minimum Gasteiger partial charge on any atom is -0.496 e. The Hall–Kier alpha value is -2.63. The molecule has 0 aliphatic heterocycles. The van der Waals surface area contributed by atoms with Crippen molar-refractivity contribution >= 4 is 5.82 Å². The van der Waals surface area contributed by atoms with E-state index in [0.717, 1.165) is 11.1 Å². The van der Waals surface area contributed by atoms with Crippen LogP contribution in [0.4, 0.5) is 5.82 Å². The van der Waals surface area contributed by atoms with Crippen molar-refractivity contribution in [2.45, 2.75) is 20.5 Å². The Bertz CT molecular complexity index is 671. The van der Waals surface area contributed by atoms with E-state index in [2.05, 4.69) is 4.98 Å². The van der Waals surface area contributed by atoms with E-state index < -0.39 is 4.92 Å². The summed E-state index contributed by atoms with van der Waals surface area (Å²) in [6.45, 7) is 3.83. The monoisotopic (exact) mass is 288 g/mol. The summed E-state index contributed by atoms with van der Waals surface area (Å²) in [5, 5.41) is 11.0. The molecular formula is C15H16N2O4. The van der Waals surface area contributed by atoms with Crippen LogP contribution in [0.15, 0.2) is 30.3 Å². The van der Waals surface area contributed by atoms with Crippen molar-refractivity contribution in [1.82, 2.24) is 4.98 Å². The van der Waals surface area contributed by atoms with Crippen LogP contribution in [0.25, 0.3) is 0 Å². The molecule has 6 nitrogen and oxygen atoms in total. The molecule has 0 atom stereocenters. The fraction of sp³-hybridized carbons (Fsp3) is 0.267. The summed E-state index contributed by atoms with van der Waals surface area (Å²) >= 11 is 0. The number of hydrogen-bond acceptors (Lipinski definition) is 5. The molecule has 1 aromatic carbocycles. The molecule has 110 valence electrons. The Morgan fingerprint density at radius 1 is 1.19 bits per heavy atom. The molecule has 0 aliphatic rings. The van der Waals surface area contributed by atoms with Gasteiger partial charge in [0.25, 0.3) is 0 Å². The van der Waals surface area contributed by atoms with Crippen molar-refractivity contribution in [3.8, 4) is 11.5 Å². The van der Waals surface area contributed by atoms with Gasteiger partial charge in [-0.15, -0.1) is 0 Å². The van der Waals surface area contributed by atoms with Crippen LogP contribution in [0.1, 0.15) is 16.8 Å². The fourth-order valence-electron chi connectivity index (χ4n) is 1.95. The Balaban J connectivity index is 2.24. The summed E-state index contributed by atoms with van der Waals surface area (Å²) in [6, 6.07) is 8.93. The largest absolute Gasteiger partial charge is 0.496 e. The second-order valence-corrected chi connectivity index (χ2v) is 4.64. The van der Waals surface area contributed by atoms with Crippen molar-refractivity contribution in [1.29, 1.82) is 0 Å². The normalized spacial score (nSPS) is 10.2. The van der Waals surface area contributed by atoms with Crippen LogP contribution in [0, 0.1) is 24.0 Å². The number of pyridine rings is 1. The zero-order valence-electron chi connectivity index (χ0n) is 12.1. The van der Waals surface area contributed by atoms with Crippen LogP contribution in [-0.2, 0) is 6.61 Å². The Kier molecular flexibility index (Phi) is 4.37. The van der Waals surface area contributed by atoms with E-state index >= 15 is 0 Å². The zero-order chi connectivity index (χ0) is 15.4. The van der Waals surface area contributed by atoms with Gasteiger partial charge in [0.05, 0.1) is 7.11 Å². The molecule has 0 amide bonds. The SMILES string of the molecule is COc1ccc(C)cc1COc1ccc(C)nc1[N+](=O)[O-]. The van der Waals surface area contributed by atoms with Crippen molar-refractivity contribution in [2.24, 2.45) is 0 Å². The lowest BCUT2D eigenvalue weighted by Gasteiger charge is -2.11. The predicted octanol–water partition coefficient (Wildman–Crippen LogP) is 3.19. The number of rotatable bonds is 5. The average Bonchev–Trinajstić information content (AvgIpc) is 2.46. The molecule has 21 heavy (non-hydrogen) atoms. The van der Waals surface area contributed by atoms with Crippen molar-refractivity contribution in [2.75, 3.05) is 7.11 Å². The highest BCUT2D eigenvalue weighted by atomic mass is 16.6.